The predicted molar refractivity (Wildman–Crippen MR) is 61.2 cm³/mol. The number of alkyl halides is 1. The van der Waals surface area contributed by atoms with Gasteiger partial charge in [0.1, 0.15) is 0 Å². The van der Waals surface area contributed by atoms with E-state index in [1.54, 1.807) is 4.90 Å². The number of hydrogen-bond donors (Lipinski definition) is 0. The molecule has 0 bridgehead atoms. The topological polar surface area (TPSA) is 20.3 Å². The maximum Gasteiger partial charge on any atom is 0.254 e. The van der Waals surface area contributed by atoms with Crippen LogP contribution in [0.2, 0.25) is 0 Å². The summed E-state index contributed by atoms with van der Waals surface area (Å²) in [4.78, 5) is 13.7. The van der Waals surface area contributed by atoms with Crippen LogP contribution in [0.4, 0.5) is 0 Å². The average molecular weight is 232 g/mol. The van der Waals surface area contributed by atoms with E-state index in [4.69, 9.17) is 11.6 Å². The number of carbonyl (C=O) groups excluding carboxylic acids is 1. The van der Waals surface area contributed by atoms with Crippen LogP contribution in [0.5, 0.6) is 0 Å². The molecule has 1 rings (SSSR count). The minimum atomic E-state index is 0.0712. The predicted octanol–water partition coefficient (Wildman–Crippen LogP) is 2.84. The highest BCUT2D eigenvalue weighted by atomic mass is 35.5. The van der Waals surface area contributed by atoms with E-state index in [0.29, 0.717) is 12.4 Å². The lowest BCUT2D eigenvalue weighted by Crippen LogP contribution is -2.38. The standard InChI is InChI=1S/C10H14ClNOS/c1-8(2)12(5-4-11)10(13)9-3-6-14-7-9/h3,6-8H,4-5H2,1-2H3. The summed E-state index contributed by atoms with van der Waals surface area (Å²) in [6.07, 6.45) is 0. The van der Waals surface area contributed by atoms with Gasteiger partial charge in [-0.15, -0.1) is 11.6 Å². The zero-order valence-electron chi connectivity index (χ0n) is 8.37. The van der Waals surface area contributed by atoms with Crippen molar-refractivity contribution in [2.75, 3.05) is 12.4 Å². The fourth-order valence-corrected chi connectivity index (χ4v) is 2.05. The molecule has 1 heterocycles. The van der Waals surface area contributed by atoms with Gasteiger partial charge in [0.2, 0.25) is 0 Å². The van der Waals surface area contributed by atoms with Crippen molar-refractivity contribution in [1.29, 1.82) is 0 Å². The Balaban J connectivity index is 2.74. The number of amides is 1. The largest absolute Gasteiger partial charge is 0.335 e. The average Bonchev–Trinajstić information content (AvgIpc) is 2.65. The highest BCUT2D eigenvalue weighted by molar-refractivity contribution is 7.08. The number of hydrogen-bond acceptors (Lipinski definition) is 2. The maximum atomic E-state index is 11.9. The van der Waals surface area contributed by atoms with Gasteiger partial charge >= 0.3 is 0 Å². The normalized spacial score (nSPS) is 10.6. The first-order chi connectivity index (χ1) is 6.66. The van der Waals surface area contributed by atoms with Crippen molar-refractivity contribution in [3.05, 3.63) is 22.4 Å². The van der Waals surface area contributed by atoms with Crippen LogP contribution in [0.15, 0.2) is 16.8 Å². The number of halogens is 1. The fraction of sp³-hybridized carbons (Fsp3) is 0.500. The molecule has 0 unspecified atom stereocenters. The molecule has 1 aromatic heterocycles. The third-order valence-corrected chi connectivity index (χ3v) is 2.83. The zero-order chi connectivity index (χ0) is 10.6. The number of thiophene rings is 1. The molecule has 0 saturated heterocycles. The first kappa shape index (κ1) is 11.5. The molecule has 0 aliphatic rings. The molecular formula is C10H14ClNOS. The Hall–Kier alpha value is -0.540. The van der Waals surface area contributed by atoms with Gasteiger partial charge < -0.3 is 4.90 Å². The van der Waals surface area contributed by atoms with Gasteiger partial charge in [-0.25, -0.2) is 0 Å². The van der Waals surface area contributed by atoms with E-state index in [-0.39, 0.29) is 11.9 Å². The monoisotopic (exact) mass is 231 g/mol. The van der Waals surface area contributed by atoms with Gasteiger partial charge in [-0.3, -0.25) is 4.79 Å². The Morgan fingerprint density at radius 3 is 2.79 bits per heavy atom. The summed E-state index contributed by atoms with van der Waals surface area (Å²) in [5, 5.41) is 3.78. The fourth-order valence-electron chi connectivity index (χ4n) is 1.24. The van der Waals surface area contributed by atoms with E-state index < -0.39 is 0 Å². The second kappa shape index (κ2) is 5.37. The summed E-state index contributed by atoms with van der Waals surface area (Å²) < 4.78 is 0. The van der Waals surface area contributed by atoms with Crippen LogP contribution in [0.3, 0.4) is 0 Å². The molecule has 0 saturated carbocycles. The van der Waals surface area contributed by atoms with Crippen molar-refractivity contribution in [2.24, 2.45) is 0 Å². The lowest BCUT2D eigenvalue weighted by molar-refractivity contribution is 0.0719. The molecule has 0 aromatic carbocycles. The van der Waals surface area contributed by atoms with Crippen LogP contribution in [0.1, 0.15) is 24.2 Å². The minimum Gasteiger partial charge on any atom is -0.335 e. The number of carbonyl (C=O) groups is 1. The molecule has 0 radical (unpaired) electrons. The lowest BCUT2D eigenvalue weighted by atomic mass is 10.2. The molecule has 0 aliphatic carbocycles. The Morgan fingerprint density at radius 2 is 2.36 bits per heavy atom. The quantitative estimate of drug-likeness (QED) is 0.730. The SMILES string of the molecule is CC(C)N(CCCl)C(=O)c1ccsc1. The molecule has 0 atom stereocenters. The van der Waals surface area contributed by atoms with Crippen molar-refractivity contribution in [1.82, 2.24) is 4.90 Å². The van der Waals surface area contributed by atoms with E-state index in [9.17, 15) is 4.79 Å². The highest BCUT2D eigenvalue weighted by Crippen LogP contribution is 2.11. The van der Waals surface area contributed by atoms with E-state index in [0.717, 1.165) is 5.56 Å². The van der Waals surface area contributed by atoms with Gasteiger partial charge in [-0.2, -0.15) is 11.3 Å². The van der Waals surface area contributed by atoms with E-state index in [2.05, 4.69) is 0 Å². The van der Waals surface area contributed by atoms with Crippen LogP contribution >= 0.6 is 22.9 Å². The summed E-state index contributed by atoms with van der Waals surface area (Å²) >= 11 is 7.19. The first-order valence-corrected chi connectivity index (χ1v) is 6.03. The molecule has 78 valence electrons. The third kappa shape index (κ3) is 2.72. The summed E-state index contributed by atoms with van der Waals surface area (Å²) in [6.45, 7) is 4.60. The molecular weight excluding hydrogens is 218 g/mol. The number of rotatable bonds is 4. The molecule has 0 aliphatic heterocycles. The Morgan fingerprint density at radius 1 is 1.64 bits per heavy atom. The second-order valence-corrected chi connectivity index (χ2v) is 4.45. The van der Waals surface area contributed by atoms with E-state index in [1.165, 1.54) is 11.3 Å². The highest BCUT2D eigenvalue weighted by Gasteiger charge is 2.17. The van der Waals surface area contributed by atoms with Gasteiger partial charge in [0.05, 0.1) is 5.56 Å². The van der Waals surface area contributed by atoms with E-state index in [1.807, 2.05) is 30.7 Å². The molecule has 1 aromatic rings. The second-order valence-electron chi connectivity index (χ2n) is 3.29. The summed E-state index contributed by atoms with van der Waals surface area (Å²) in [5.41, 5.74) is 0.758. The molecule has 2 nitrogen and oxygen atoms in total. The van der Waals surface area contributed by atoms with Gasteiger partial charge in [0.25, 0.3) is 5.91 Å². The van der Waals surface area contributed by atoms with Crippen LogP contribution in [-0.2, 0) is 0 Å². The minimum absolute atomic E-state index is 0.0712. The molecule has 1 amide bonds. The van der Waals surface area contributed by atoms with Crippen LogP contribution in [0.25, 0.3) is 0 Å². The maximum absolute atomic E-state index is 11.9. The van der Waals surface area contributed by atoms with Crippen LogP contribution in [-0.4, -0.2) is 29.3 Å². The third-order valence-electron chi connectivity index (χ3n) is 1.98. The summed E-state index contributed by atoms with van der Waals surface area (Å²) in [6, 6.07) is 2.04. The molecule has 0 fully saturated rings. The van der Waals surface area contributed by atoms with Gasteiger partial charge in [-0.05, 0) is 25.3 Å². The van der Waals surface area contributed by atoms with Crippen molar-refractivity contribution < 1.29 is 4.79 Å². The summed E-state index contributed by atoms with van der Waals surface area (Å²) in [7, 11) is 0. The van der Waals surface area contributed by atoms with Crippen LogP contribution < -0.4 is 0 Å². The van der Waals surface area contributed by atoms with Crippen molar-refractivity contribution >= 4 is 28.8 Å². The van der Waals surface area contributed by atoms with Crippen molar-refractivity contribution in [3.8, 4) is 0 Å². The Labute approximate surface area is 93.5 Å². The Bertz CT molecular complexity index is 284. The molecule has 0 N–H and O–H groups in total. The molecule has 0 spiro atoms. The number of nitrogens with zero attached hydrogens (tertiary/aromatic N) is 1. The molecule has 14 heavy (non-hydrogen) atoms. The van der Waals surface area contributed by atoms with Gasteiger partial charge in [0, 0.05) is 23.8 Å². The van der Waals surface area contributed by atoms with Gasteiger partial charge in [-0.1, -0.05) is 0 Å². The molecule has 4 heteroatoms. The lowest BCUT2D eigenvalue weighted by Gasteiger charge is -2.25. The van der Waals surface area contributed by atoms with E-state index >= 15 is 0 Å². The smallest absolute Gasteiger partial charge is 0.254 e. The van der Waals surface area contributed by atoms with Gasteiger partial charge in [0.15, 0.2) is 0 Å². The van der Waals surface area contributed by atoms with Crippen molar-refractivity contribution in [3.63, 3.8) is 0 Å². The zero-order valence-corrected chi connectivity index (χ0v) is 9.94. The Kier molecular flexibility index (Phi) is 4.42. The summed E-state index contributed by atoms with van der Waals surface area (Å²) in [5.74, 6) is 0.551. The van der Waals surface area contributed by atoms with Crippen molar-refractivity contribution in [2.45, 2.75) is 19.9 Å². The van der Waals surface area contributed by atoms with Crippen LogP contribution in [0, 0.1) is 0 Å². The first-order valence-electron chi connectivity index (χ1n) is 4.56.